The average molecular weight is 224 g/mol. The Morgan fingerprint density at radius 3 is 2.44 bits per heavy atom. The van der Waals surface area contributed by atoms with Crippen molar-refractivity contribution in [2.45, 2.75) is 58.0 Å². The van der Waals surface area contributed by atoms with Crippen LogP contribution in [0.4, 0.5) is 0 Å². The molecule has 0 aromatic heterocycles. The third-order valence-electron chi connectivity index (χ3n) is 4.96. The van der Waals surface area contributed by atoms with Crippen molar-refractivity contribution in [1.29, 1.82) is 0 Å². The van der Waals surface area contributed by atoms with E-state index in [4.69, 9.17) is 0 Å². The van der Waals surface area contributed by atoms with Crippen LogP contribution in [0, 0.1) is 11.3 Å². The first-order chi connectivity index (χ1) is 7.54. The predicted octanol–water partition coefficient (Wildman–Crippen LogP) is 2.49. The lowest BCUT2D eigenvalue weighted by Gasteiger charge is -2.38. The monoisotopic (exact) mass is 224 g/mol. The van der Waals surface area contributed by atoms with Gasteiger partial charge in [-0.15, -0.1) is 0 Å². The summed E-state index contributed by atoms with van der Waals surface area (Å²) >= 11 is 0. The van der Waals surface area contributed by atoms with Gasteiger partial charge in [0.1, 0.15) is 0 Å². The average Bonchev–Trinajstić information content (AvgIpc) is 2.46. The molecule has 2 unspecified atom stereocenters. The minimum Gasteiger partial charge on any atom is -0.315 e. The van der Waals surface area contributed by atoms with Crippen molar-refractivity contribution in [3.05, 3.63) is 0 Å². The zero-order valence-electron chi connectivity index (χ0n) is 11.4. The van der Waals surface area contributed by atoms with Crippen molar-refractivity contribution in [2.24, 2.45) is 11.3 Å². The summed E-state index contributed by atoms with van der Waals surface area (Å²) in [5.41, 5.74) is 0.466. The summed E-state index contributed by atoms with van der Waals surface area (Å²) in [6.07, 6.45) is 7.11. The second kappa shape index (κ2) is 4.66. The van der Waals surface area contributed by atoms with Crippen molar-refractivity contribution < 1.29 is 0 Å². The van der Waals surface area contributed by atoms with Crippen LogP contribution in [0.15, 0.2) is 0 Å². The van der Waals surface area contributed by atoms with Crippen LogP contribution < -0.4 is 5.32 Å². The van der Waals surface area contributed by atoms with E-state index in [9.17, 15) is 0 Å². The molecule has 2 atom stereocenters. The minimum atomic E-state index is 0.466. The topological polar surface area (TPSA) is 15.3 Å². The molecule has 0 aromatic carbocycles. The third kappa shape index (κ3) is 2.28. The molecule has 0 amide bonds. The van der Waals surface area contributed by atoms with Crippen LogP contribution in [0.25, 0.3) is 0 Å². The quantitative estimate of drug-likeness (QED) is 0.789. The van der Waals surface area contributed by atoms with Crippen molar-refractivity contribution in [1.82, 2.24) is 10.2 Å². The van der Waals surface area contributed by atoms with Gasteiger partial charge in [-0.05, 0) is 51.1 Å². The van der Waals surface area contributed by atoms with Crippen LogP contribution in [0.3, 0.4) is 0 Å². The van der Waals surface area contributed by atoms with Crippen LogP contribution in [0.2, 0.25) is 0 Å². The molecule has 0 aromatic rings. The lowest BCUT2D eigenvalue weighted by molar-refractivity contribution is 0.131. The first-order valence-electron chi connectivity index (χ1n) is 6.92. The fraction of sp³-hybridized carbons (Fsp3) is 1.00. The fourth-order valence-corrected chi connectivity index (χ4v) is 3.64. The fourth-order valence-electron chi connectivity index (χ4n) is 3.64. The predicted molar refractivity (Wildman–Crippen MR) is 69.6 cm³/mol. The summed E-state index contributed by atoms with van der Waals surface area (Å²) in [4.78, 5) is 2.62. The van der Waals surface area contributed by atoms with Crippen LogP contribution in [0.1, 0.15) is 46.0 Å². The van der Waals surface area contributed by atoms with Gasteiger partial charge in [-0.1, -0.05) is 20.3 Å². The van der Waals surface area contributed by atoms with Crippen LogP contribution in [-0.4, -0.2) is 37.6 Å². The van der Waals surface area contributed by atoms with Crippen LogP contribution >= 0.6 is 0 Å². The first-order valence-corrected chi connectivity index (χ1v) is 6.92. The Labute approximate surface area is 101 Å². The van der Waals surface area contributed by atoms with Crippen molar-refractivity contribution in [3.63, 3.8) is 0 Å². The Balaban J connectivity index is 1.92. The van der Waals surface area contributed by atoms with Gasteiger partial charge < -0.3 is 10.2 Å². The smallest absolute Gasteiger partial charge is 0.0271 e. The molecule has 2 fully saturated rings. The summed E-state index contributed by atoms with van der Waals surface area (Å²) in [6, 6.07) is 1.41. The molecule has 0 aliphatic heterocycles. The summed E-state index contributed by atoms with van der Waals surface area (Å²) < 4.78 is 0. The highest BCUT2D eigenvalue weighted by Crippen LogP contribution is 2.40. The SMILES string of the molecule is CNC1C(N(C)CC2CCC2)CCC1(C)C. The highest BCUT2D eigenvalue weighted by atomic mass is 15.2. The Morgan fingerprint density at radius 2 is 1.94 bits per heavy atom. The molecule has 2 nitrogen and oxygen atoms in total. The maximum Gasteiger partial charge on any atom is 0.0271 e. The van der Waals surface area contributed by atoms with Gasteiger partial charge in [0.15, 0.2) is 0 Å². The minimum absolute atomic E-state index is 0.466. The molecule has 0 saturated heterocycles. The number of likely N-dealkylation sites (N-methyl/N-ethyl adjacent to an activating group) is 2. The van der Waals surface area contributed by atoms with E-state index in [1.54, 1.807) is 0 Å². The zero-order valence-corrected chi connectivity index (χ0v) is 11.4. The van der Waals surface area contributed by atoms with Crippen molar-refractivity contribution >= 4 is 0 Å². The van der Waals surface area contributed by atoms with Gasteiger partial charge in [-0.3, -0.25) is 0 Å². The first kappa shape index (κ1) is 12.4. The molecule has 2 rings (SSSR count). The summed E-state index contributed by atoms with van der Waals surface area (Å²) in [5.74, 6) is 0.992. The van der Waals surface area contributed by atoms with Gasteiger partial charge in [0.25, 0.3) is 0 Å². The highest BCUT2D eigenvalue weighted by Gasteiger charge is 2.42. The molecular weight excluding hydrogens is 196 g/mol. The number of nitrogens with one attached hydrogen (secondary N) is 1. The molecule has 2 aliphatic carbocycles. The molecule has 2 saturated carbocycles. The van der Waals surface area contributed by atoms with E-state index >= 15 is 0 Å². The Hall–Kier alpha value is -0.0800. The second-order valence-corrected chi connectivity index (χ2v) is 6.60. The van der Waals surface area contributed by atoms with Crippen molar-refractivity contribution in [3.8, 4) is 0 Å². The lowest BCUT2D eigenvalue weighted by Crippen LogP contribution is -2.50. The summed E-state index contributed by atoms with van der Waals surface area (Å²) in [5, 5.41) is 3.55. The van der Waals surface area contributed by atoms with E-state index in [2.05, 4.69) is 38.2 Å². The van der Waals surface area contributed by atoms with Gasteiger partial charge >= 0.3 is 0 Å². The molecule has 94 valence electrons. The molecule has 2 heteroatoms. The van der Waals surface area contributed by atoms with E-state index in [1.165, 1.54) is 38.6 Å². The second-order valence-electron chi connectivity index (χ2n) is 6.60. The van der Waals surface area contributed by atoms with E-state index < -0.39 is 0 Å². The molecule has 1 N–H and O–H groups in total. The van der Waals surface area contributed by atoms with E-state index in [1.807, 2.05) is 0 Å². The standard InChI is InChI=1S/C14H28N2/c1-14(2)9-8-12(13(14)15-3)16(4)10-11-6-5-7-11/h11-13,15H,5-10H2,1-4H3. The van der Waals surface area contributed by atoms with Gasteiger partial charge in [-0.25, -0.2) is 0 Å². The van der Waals surface area contributed by atoms with E-state index in [0.717, 1.165) is 12.0 Å². The van der Waals surface area contributed by atoms with Crippen LogP contribution in [-0.2, 0) is 0 Å². The van der Waals surface area contributed by atoms with Crippen molar-refractivity contribution in [2.75, 3.05) is 20.6 Å². The zero-order chi connectivity index (χ0) is 11.8. The number of nitrogens with zero attached hydrogens (tertiary/aromatic N) is 1. The highest BCUT2D eigenvalue weighted by molar-refractivity contribution is 5.00. The van der Waals surface area contributed by atoms with E-state index in [0.29, 0.717) is 11.5 Å². The largest absolute Gasteiger partial charge is 0.315 e. The molecule has 2 aliphatic rings. The number of hydrogen-bond acceptors (Lipinski definition) is 2. The maximum absolute atomic E-state index is 3.55. The van der Waals surface area contributed by atoms with Gasteiger partial charge in [0.05, 0.1) is 0 Å². The molecule has 0 bridgehead atoms. The summed E-state index contributed by atoms with van der Waals surface area (Å²) in [7, 11) is 4.46. The molecule has 16 heavy (non-hydrogen) atoms. The maximum atomic E-state index is 3.55. The molecule has 0 radical (unpaired) electrons. The van der Waals surface area contributed by atoms with Crippen LogP contribution in [0.5, 0.6) is 0 Å². The number of hydrogen-bond donors (Lipinski definition) is 1. The van der Waals surface area contributed by atoms with Gasteiger partial charge in [0.2, 0.25) is 0 Å². The normalized spacial score (nSPS) is 34.3. The van der Waals surface area contributed by atoms with E-state index in [-0.39, 0.29) is 0 Å². The molecule has 0 spiro atoms. The Bertz CT molecular complexity index is 233. The summed E-state index contributed by atoms with van der Waals surface area (Å²) in [6.45, 7) is 6.13. The van der Waals surface area contributed by atoms with Gasteiger partial charge in [-0.2, -0.15) is 0 Å². The Kier molecular flexibility index (Phi) is 3.60. The Morgan fingerprint density at radius 1 is 1.25 bits per heavy atom. The molecular formula is C14H28N2. The third-order valence-corrected chi connectivity index (χ3v) is 4.96. The van der Waals surface area contributed by atoms with Gasteiger partial charge in [0, 0.05) is 18.6 Å². The molecule has 0 heterocycles. The number of rotatable bonds is 4. The lowest BCUT2D eigenvalue weighted by atomic mass is 9.84.